The summed E-state index contributed by atoms with van der Waals surface area (Å²) in [6.45, 7) is 0.688. The highest BCUT2D eigenvalue weighted by molar-refractivity contribution is 7.15. The fourth-order valence-electron chi connectivity index (χ4n) is 1.49. The van der Waals surface area contributed by atoms with E-state index in [9.17, 15) is 9.59 Å². The molecule has 16 heavy (non-hydrogen) atoms. The Balaban J connectivity index is 2.05. The van der Waals surface area contributed by atoms with Crippen molar-refractivity contribution in [3.63, 3.8) is 0 Å². The Hall–Kier alpha value is -1.63. The number of carbonyl (C=O) groups excluding carboxylic acids is 2. The second-order valence-electron chi connectivity index (χ2n) is 3.66. The number of aromatic nitrogens is 1. The van der Waals surface area contributed by atoms with Crippen LogP contribution < -0.4 is 5.73 Å². The highest BCUT2D eigenvalue weighted by Crippen LogP contribution is 2.17. The quantitative estimate of drug-likeness (QED) is 0.757. The number of carbonyl (C=O) groups is 2. The molecule has 1 aromatic rings. The number of rotatable bonds is 2. The van der Waals surface area contributed by atoms with Crippen molar-refractivity contribution >= 4 is 28.3 Å². The summed E-state index contributed by atoms with van der Waals surface area (Å²) in [6.07, 6.45) is 1.63. The molecule has 86 valence electrons. The van der Waals surface area contributed by atoms with Gasteiger partial charge in [-0.15, -0.1) is 11.3 Å². The Bertz CT molecular complexity index is 431. The lowest BCUT2D eigenvalue weighted by Gasteiger charge is -2.31. The highest BCUT2D eigenvalue weighted by Gasteiger charge is 2.27. The largest absolute Gasteiger partial charge is 0.375 e. The Morgan fingerprint density at radius 2 is 2.19 bits per heavy atom. The minimum absolute atomic E-state index is 0.0444. The van der Waals surface area contributed by atoms with Crippen LogP contribution in [0, 0.1) is 0 Å². The number of hydrogen-bond donors (Lipinski definition) is 1. The molecule has 1 saturated heterocycles. The highest BCUT2D eigenvalue weighted by atomic mass is 32.1. The van der Waals surface area contributed by atoms with Crippen LogP contribution in [-0.2, 0) is 16.1 Å². The predicted molar refractivity (Wildman–Crippen MR) is 59.6 cm³/mol. The number of anilines is 1. The van der Waals surface area contributed by atoms with E-state index in [4.69, 9.17) is 5.73 Å². The van der Waals surface area contributed by atoms with E-state index in [1.165, 1.54) is 21.1 Å². The monoisotopic (exact) mass is 240 g/mol. The lowest BCUT2D eigenvalue weighted by molar-refractivity contribution is -0.149. The van der Waals surface area contributed by atoms with Gasteiger partial charge >= 0.3 is 0 Å². The molecule has 0 bridgehead atoms. The number of nitrogens with two attached hydrogens (primary N) is 1. The first kappa shape index (κ1) is 10.9. The molecule has 2 amide bonds. The molecule has 0 saturated carbocycles. The molecule has 0 spiro atoms. The number of nitrogen functional groups attached to an aromatic ring is 1. The minimum Gasteiger partial charge on any atom is -0.375 e. The smallest absolute Gasteiger partial charge is 0.242 e. The number of likely N-dealkylation sites (N-methyl/N-ethyl adjacent to an activating group) is 1. The third-order valence-electron chi connectivity index (χ3n) is 2.40. The van der Waals surface area contributed by atoms with Gasteiger partial charge in [-0.2, -0.15) is 0 Å². The van der Waals surface area contributed by atoms with Crippen molar-refractivity contribution in [2.24, 2.45) is 0 Å². The molecule has 1 fully saturated rings. The van der Waals surface area contributed by atoms with Crippen LogP contribution in [0.25, 0.3) is 0 Å². The molecular formula is C9H12N4O2S. The predicted octanol–water partition coefficient (Wildman–Crippen LogP) is -0.474. The summed E-state index contributed by atoms with van der Waals surface area (Å²) in [5.74, 6) is -0.0915. The van der Waals surface area contributed by atoms with E-state index in [2.05, 4.69) is 4.98 Å². The maximum atomic E-state index is 11.6. The van der Waals surface area contributed by atoms with Crippen LogP contribution in [-0.4, -0.2) is 46.7 Å². The van der Waals surface area contributed by atoms with Crippen LogP contribution in [0.5, 0.6) is 0 Å². The molecule has 0 unspecified atom stereocenters. The fourth-order valence-corrected chi connectivity index (χ4v) is 2.19. The normalized spacial score (nSPS) is 17.1. The Morgan fingerprint density at radius 1 is 1.44 bits per heavy atom. The van der Waals surface area contributed by atoms with E-state index >= 15 is 0 Å². The summed E-state index contributed by atoms with van der Waals surface area (Å²) in [5.41, 5.74) is 5.50. The summed E-state index contributed by atoms with van der Waals surface area (Å²) in [6, 6.07) is 0. The van der Waals surface area contributed by atoms with E-state index in [1.54, 1.807) is 13.2 Å². The van der Waals surface area contributed by atoms with Gasteiger partial charge in [-0.3, -0.25) is 9.59 Å². The van der Waals surface area contributed by atoms with Crippen molar-refractivity contribution in [3.05, 3.63) is 11.1 Å². The second kappa shape index (κ2) is 4.09. The van der Waals surface area contributed by atoms with E-state index in [1.807, 2.05) is 0 Å². The third-order valence-corrected chi connectivity index (χ3v) is 3.21. The molecule has 0 aromatic carbocycles. The van der Waals surface area contributed by atoms with Crippen molar-refractivity contribution in [3.8, 4) is 0 Å². The standard InChI is InChI=1S/C9H12N4O2S/c1-12-4-8(15)13(5-7(12)14)3-6-2-11-9(10)16-6/h2H,3-5H2,1H3,(H2,10,11). The Kier molecular flexibility index (Phi) is 2.78. The molecule has 1 aliphatic rings. The molecule has 2 rings (SSSR count). The first-order valence-corrected chi connectivity index (χ1v) is 5.60. The average molecular weight is 240 g/mol. The Morgan fingerprint density at radius 3 is 2.81 bits per heavy atom. The van der Waals surface area contributed by atoms with Gasteiger partial charge in [0.2, 0.25) is 11.8 Å². The van der Waals surface area contributed by atoms with Crippen LogP contribution in [0.15, 0.2) is 6.20 Å². The number of piperazine rings is 1. The van der Waals surface area contributed by atoms with Crippen molar-refractivity contribution in [1.82, 2.24) is 14.8 Å². The molecule has 1 aliphatic heterocycles. The zero-order valence-electron chi connectivity index (χ0n) is 8.84. The number of hydrogen-bond acceptors (Lipinski definition) is 5. The summed E-state index contributed by atoms with van der Waals surface area (Å²) < 4.78 is 0. The van der Waals surface area contributed by atoms with Crippen LogP contribution in [0.3, 0.4) is 0 Å². The van der Waals surface area contributed by atoms with Crippen LogP contribution in [0.4, 0.5) is 5.13 Å². The van der Waals surface area contributed by atoms with Gasteiger partial charge in [0, 0.05) is 18.1 Å². The minimum atomic E-state index is -0.0472. The lowest BCUT2D eigenvalue weighted by Crippen LogP contribution is -2.51. The van der Waals surface area contributed by atoms with Crippen molar-refractivity contribution in [2.45, 2.75) is 6.54 Å². The maximum absolute atomic E-state index is 11.6. The second-order valence-corrected chi connectivity index (χ2v) is 4.81. The van der Waals surface area contributed by atoms with Gasteiger partial charge in [-0.05, 0) is 0 Å². The van der Waals surface area contributed by atoms with Gasteiger partial charge in [0.1, 0.15) is 6.54 Å². The van der Waals surface area contributed by atoms with Gasteiger partial charge in [0.15, 0.2) is 5.13 Å². The van der Waals surface area contributed by atoms with Crippen LogP contribution in [0.2, 0.25) is 0 Å². The van der Waals surface area contributed by atoms with E-state index in [-0.39, 0.29) is 24.9 Å². The zero-order chi connectivity index (χ0) is 11.7. The van der Waals surface area contributed by atoms with E-state index in [0.717, 1.165) is 4.88 Å². The summed E-state index contributed by atoms with van der Waals surface area (Å²) in [7, 11) is 1.63. The topological polar surface area (TPSA) is 79.5 Å². The number of nitrogens with zero attached hydrogens (tertiary/aromatic N) is 3. The zero-order valence-corrected chi connectivity index (χ0v) is 9.66. The Labute approximate surface area is 96.7 Å². The van der Waals surface area contributed by atoms with Gasteiger partial charge in [-0.25, -0.2) is 4.98 Å². The van der Waals surface area contributed by atoms with Crippen molar-refractivity contribution < 1.29 is 9.59 Å². The van der Waals surface area contributed by atoms with E-state index in [0.29, 0.717) is 11.7 Å². The van der Waals surface area contributed by atoms with E-state index < -0.39 is 0 Å². The lowest BCUT2D eigenvalue weighted by atomic mass is 10.3. The third kappa shape index (κ3) is 2.13. The van der Waals surface area contributed by atoms with Gasteiger partial charge < -0.3 is 15.5 Å². The SMILES string of the molecule is CN1CC(=O)N(Cc2cnc(N)s2)CC1=O. The van der Waals surface area contributed by atoms with Crippen LogP contribution >= 0.6 is 11.3 Å². The maximum Gasteiger partial charge on any atom is 0.242 e. The van der Waals surface area contributed by atoms with Crippen molar-refractivity contribution in [2.75, 3.05) is 25.9 Å². The summed E-state index contributed by atoms with van der Waals surface area (Å²) in [5, 5.41) is 0.475. The molecule has 0 radical (unpaired) electrons. The average Bonchev–Trinajstić information content (AvgIpc) is 2.60. The fraction of sp³-hybridized carbons (Fsp3) is 0.444. The van der Waals surface area contributed by atoms with Crippen molar-refractivity contribution in [1.29, 1.82) is 0 Å². The molecule has 0 atom stereocenters. The molecule has 2 N–H and O–H groups in total. The number of amides is 2. The first-order chi connectivity index (χ1) is 7.56. The molecule has 7 heteroatoms. The molecule has 1 aromatic heterocycles. The summed E-state index contributed by atoms with van der Waals surface area (Å²) >= 11 is 1.33. The molecular weight excluding hydrogens is 228 g/mol. The molecule has 2 heterocycles. The van der Waals surface area contributed by atoms with Gasteiger partial charge in [-0.1, -0.05) is 0 Å². The molecule has 6 nitrogen and oxygen atoms in total. The van der Waals surface area contributed by atoms with Gasteiger partial charge in [0.05, 0.1) is 13.1 Å². The molecule has 0 aliphatic carbocycles. The number of thiazole rings is 1. The first-order valence-electron chi connectivity index (χ1n) is 4.78. The summed E-state index contributed by atoms with van der Waals surface area (Å²) in [4.78, 5) is 30.8. The van der Waals surface area contributed by atoms with Crippen LogP contribution in [0.1, 0.15) is 4.88 Å². The van der Waals surface area contributed by atoms with Gasteiger partial charge in [0.25, 0.3) is 0 Å².